The van der Waals surface area contributed by atoms with Gasteiger partial charge in [0.15, 0.2) is 0 Å². The zero-order valence-corrected chi connectivity index (χ0v) is 34.6. The van der Waals surface area contributed by atoms with Crippen molar-refractivity contribution in [3.8, 4) is 0 Å². The summed E-state index contributed by atoms with van der Waals surface area (Å²) in [5, 5.41) is 19.1. The van der Waals surface area contributed by atoms with E-state index >= 15 is 0 Å². The lowest BCUT2D eigenvalue weighted by atomic mass is 10.0. The Kier molecular flexibility index (Phi) is 37.2. The SMILES string of the molecule is CC/C=C\C/C=C\C/C=C\C/C=C\C/C=C\CCCCCC(=O)OC(CO)COP(=O)(O)OCC(CO)OC(=O)CCCCCCCCCCCCCC. The quantitative estimate of drug-likeness (QED) is 0.0239. The Morgan fingerprint density at radius 2 is 0.870 bits per heavy atom. The van der Waals surface area contributed by atoms with E-state index in [1.54, 1.807) is 0 Å². The lowest BCUT2D eigenvalue weighted by molar-refractivity contribution is -0.153. The summed E-state index contributed by atoms with van der Waals surface area (Å²) in [6.45, 7) is 2.04. The van der Waals surface area contributed by atoms with Gasteiger partial charge in [-0.15, -0.1) is 0 Å². The van der Waals surface area contributed by atoms with E-state index < -0.39 is 58.4 Å². The average Bonchev–Trinajstić information content (AvgIpc) is 3.16. The Bertz CT molecular complexity index is 1080. The molecule has 0 heterocycles. The molecule has 54 heavy (non-hydrogen) atoms. The van der Waals surface area contributed by atoms with Gasteiger partial charge in [-0.05, 0) is 57.8 Å². The number of phosphoric acid groups is 1. The number of aliphatic hydroxyl groups is 2. The minimum Gasteiger partial charge on any atom is -0.457 e. The molecule has 0 aliphatic rings. The van der Waals surface area contributed by atoms with Crippen LogP contribution in [0, 0.1) is 0 Å². The van der Waals surface area contributed by atoms with Gasteiger partial charge in [0.25, 0.3) is 0 Å². The molecule has 11 heteroatoms. The number of aliphatic hydroxyl groups excluding tert-OH is 2. The van der Waals surface area contributed by atoms with Gasteiger partial charge in [-0.2, -0.15) is 0 Å². The molecule has 3 atom stereocenters. The Morgan fingerprint density at radius 1 is 0.519 bits per heavy atom. The standard InChI is InChI=1S/C43H75O10P/c1-3-5-7-9-11-13-15-17-18-19-20-21-22-23-25-27-29-31-33-35-43(47)53-41(37-45)39-51-54(48,49)50-38-40(36-44)52-42(46)34-32-30-28-26-24-16-14-12-10-8-6-4-2/h5,7,11,13,17-18,20-21,23,25,40-41,44-45H,3-4,6,8-10,12,14-16,19,22,24,26-39H2,1-2H3,(H,48,49)/b7-5-,13-11-,18-17-,21-20-,25-23-. The fourth-order valence-corrected chi connectivity index (χ4v) is 6.10. The zero-order chi connectivity index (χ0) is 39.8. The maximum Gasteiger partial charge on any atom is 0.472 e. The van der Waals surface area contributed by atoms with Crippen LogP contribution >= 0.6 is 7.82 Å². The van der Waals surface area contributed by atoms with Crippen LogP contribution in [-0.2, 0) is 32.7 Å². The van der Waals surface area contributed by atoms with E-state index in [-0.39, 0.29) is 12.8 Å². The molecule has 0 radical (unpaired) electrons. The van der Waals surface area contributed by atoms with Gasteiger partial charge in [0, 0.05) is 12.8 Å². The fraction of sp³-hybridized carbons (Fsp3) is 0.721. The molecule has 0 rings (SSSR count). The third-order valence-corrected chi connectivity index (χ3v) is 9.45. The molecule has 0 saturated carbocycles. The van der Waals surface area contributed by atoms with Crippen LogP contribution in [-0.4, -0.2) is 65.7 Å². The number of carbonyl (C=O) groups is 2. The summed E-state index contributed by atoms with van der Waals surface area (Å²) >= 11 is 0. The van der Waals surface area contributed by atoms with Crippen molar-refractivity contribution in [2.45, 2.75) is 174 Å². The molecular weight excluding hydrogens is 707 g/mol. The summed E-state index contributed by atoms with van der Waals surface area (Å²) < 4.78 is 32.5. The summed E-state index contributed by atoms with van der Waals surface area (Å²) in [6, 6.07) is 0. The van der Waals surface area contributed by atoms with Crippen molar-refractivity contribution < 1.29 is 47.8 Å². The molecule has 0 fully saturated rings. The van der Waals surface area contributed by atoms with Crippen LogP contribution in [0.25, 0.3) is 0 Å². The lowest BCUT2D eigenvalue weighted by Crippen LogP contribution is -2.28. The highest BCUT2D eigenvalue weighted by Gasteiger charge is 2.27. The van der Waals surface area contributed by atoms with Crippen LogP contribution in [0.2, 0.25) is 0 Å². The first-order chi connectivity index (χ1) is 26.3. The smallest absolute Gasteiger partial charge is 0.457 e. The van der Waals surface area contributed by atoms with Gasteiger partial charge in [0.2, 0.25) is 0 Å². The molecule has 0 spiro atoms. The molecule has 0 aliphatic carbocycles. The van der Waals surface area contributed by atoms with Gasteiger partial charge in [-0.3, -0.25) is 18.6 Å². The first-order valence-electron chi connectivity index (χ1n) is 20.7. The van der Waals surface area contributed by atoms with E-state index in [1.165, 1.54) is 51.4 Å². The molecule has 0 aliphatic heterocycles. The third-order valence-electron chi connectivity index (χ3n) is 8.49. The van der Waals surface area contributed by atoms with E-state index in [2.05, 4.69) is 74.6 Å². The summed E-state index contributed by atoms with van der Waals surface area (Å²) in [4.78, 5) is 34.4. The molecule has 10 nitrogen and oxygen atoms in total. The van der Waals surface area contributed by atoms with E-state index in [0.29, 0.717) is 12.8 Å². The number of hydrogen-bond donors (Lipinski definition) is 3. The normalized spacial score (nSPS) is 14.5. The summed E-state index contributed by atoms with van der Waals surface area (Å²) in [5.41, 5.74) is 0. The van der Waals surface area contributed by atoms with Crippen LogP contribution in [0.5, 0.6) is 0 Å². The van der Waals surface area contributed by atoms with Crippen molar-refractivity contribution in [1.82, 2.24) is 0 Å². The van der Waals surface area contributed by atoms with E-state index in [4.69, 9.17) is 18.5 Å². The number of ether oxygens (including phenoxy) is 2. The molecule has 0 aromatic carbocycles. The number of hydrogen-bond acceptors (Lipinski definition) is 9. The molecule has 0 bridgehead atoms. The summed E-state index contributed by atoms with van der Waals surface area (Å²) in [5.74, 6) is -1.05. The average molecular weight is 783 g/mol. The largest absolute Gasteiger partial charge is 0.472 e. The highest BCUT2D eigenvalue weighted by atomic mass is 31.2. The third kappa shape index (κ3) is 36.6. The Labute approximate surface area is 327 Å². The predicted octanol–water partition coefficient (Wildman–Crippen LogP) is 10.7. The van der Waals surface area contributed by atoms with Crippen molar-refractivity contribution in [3.63, 3.8) is 0 Å². The number of esters is 2. The topological polar surface area (TPSA) is 149 Å². The van der Waals surface area contributed by atoms with Gasteiger partial charge in [-0.1, -0.05) is 152 Å². The summed E-state index contributed by atoms with van der Waals surface area (Å²) in [7, 11) is -4.64. The zero-order valence-electron chi connectivity index (χ0n) is 33.7. The molecule has 0 aromatic rings. The number of rotatable bonds is 38. The highest BCUT2D eigenvalue weighted by Crippen LogP contribution is 2.43. The predicted molar refractivity (Wildman–Crippen MR) is 219 cm³/mol. The van der Waals surface area contributed by atoms with Crippen LogP contribution in [0.4, 0.5) is 0 Å². The Hall–Kier alpha value is -2.33. The van der Waals surface area contributed by atoms with Crippen LogP contribution in [0.1, 0.15) is 162 Å². The van der Waals surface area contributed by atoms with Crippen molar-refractivity contribution >= 4 is 19.8 Å². The molecular formula is C43H75O10P. The van der Waals surface area contributed by atoms with E-state index in [9.17, 15) is 29.3 Å². The monoisotopic (exact) mass is 783 g/mol. The van der Waals surface area contributed by atoms with Crippen molar-refractivity contribution in [2.24, 2.45) is 0 Å². The van der Waals surface area contributed by atoms with Crippen molar-refractivity contribution in [2.75, 3.05) is 26.4 Å². The minimum absolute atomic E-state index is 0.151. The minimum atomic E-state index is -4.64. The molecule has 3 unspecified atom stereocenters. The van der Waals surface area contributed by atoms with Crippen LogP contribution in [0.3, 0.4) is 0 Å². The first-order valence-corrected chi connectivity index (χ1v) is 22.2. The van der Waals surface area contributed by atoms with Crippen molar-refractivity contribution in [1.29, 1.82) is 0 Å². The van der Waals surface area contributed by atoms with E-state index in [0.717, 1.165) is 70.6 Å². The second-order valence-electron chi connectivity index (χ2n) is 13.6. The maximum atomic E-state index is 12.3. The number of unbranched alkanes of at least 4 members (excludes halogenated alkanes) is 14. The Morgan fingerprint density at radius 3 is 1.26 bits per heavy atom. The maximum absolute atomic E-state index is 12.3. The Balaban J connectivity index is 4.01. The number of phosphoric ester groups is 1. The first kappa shape index (κ1) is 51.7. The fourth-order valence-electron chi connectivity index (χ4n) is 5.32. The number of carbonyl (C=O) groups excluding carboxylic acids is 2. The molecule has 0 saturated heterocycles. The second-order valence-corrected chi connectivity index (χ2v) is 15.0. The van der Waals surface area contributed by atoms with Crippen LogP contribution in [0.15, 0.2) is 60.8 Å². The highest BCUT2D eigenvalue weighted by molar-refractivity contribution is 7.47. The molecule has 0 aromatic heterocycles. The summed E-state index contributed by atoms with van der Waals surface area (Å²) in [6.07, 6.45) is 41.9. The van der Waals surface area contributed by atoms with Crippen LogP contribution < -0.4 is 0 Å². The molecule has 3 N–H and O–H groups in total. The van der Waals surface area contributed by atoms with Gasteiger partial charge in [0.05, 0.1) is 26.4 Å². The van der Waals surface area contributed by atoms with Crippen molar-refractivity contribution in [3.05, 3.63) is 60.8 Å². The molecule has 312 valence electrons. The second kappa shape index (κ2) is 38.9. The molecule has 0 amide bonds. The van der Waals surface area contributed by atoms with Gasteiger partial charge >= 0.3 is 19.8 Å². The van der Waals surface area contributed by atoms with Gasteiger partial charge < -0.3 is 24.6 Å². The van der Waals surface area contributed by atoms with Gasteiger partial charge in [-0.25, -0.2) is 4.57 Å². The van der Waals surface area contributed by atoms with E-state index in [1.807, 2.05) is 0 Å². The lowest BCUT2D eigenvalue weighted by Gasteiger charge is -2.20. The number of allylic oxidation sites excluding steroid dienone is 10. The van der Waals surface area contributed by atoms with Gasteiger partial charge in [0.1, 0.15) is 12.2 Å².